The first kappa shape index (κ1) is 21.6. The molecule has 2 aromatic rings. The van der Waals surface area contributed by atoms with Gasteiger partial charge in [-0.15, -0.1) is 0 Å². The quantitative estimate of drug-likeness (QED) is 0.648. The lowest BCUT2D eigenvalue weighted by Gasteiger charge is -2.40. The third-order valence-corrected chi connectivity index (χ3v) is 5.69. The fourth-order valence-electron chi connectivity index (χ4n) is 3.52. The molecule has 1 amide bonds. The molecule has 1 unspecified atom stereocenters. The summed E-state index contributed by atoms with van der Waals surface area (Å²) < 4.78 is 5.25. The number of hydrogen-bond donors (Lipinski definition) is 0. The summed E-state index contributed by atoms with van der Waals surface area (Å²) in [5.74, 6) is -0.568. The number of amides is 1. The van der Waals surface area contributed by atoms with Crippen LogP contribution in [0.4, 0.5) is 0 Å². The van der Waals surface area contributed by atoms with E-state index in [-0.39, 0.29) is 24.9 Å². The van der Waals surface area contributed by atoms with Crippen molar-refractivity contribution in [2.75, 3.05) is 26.2 Å². The molecular formula is C22H24Cl2N2O3. The Morgan fingerprint density at radius 2 is 1.72 bits per heavy atom. The Balaban J connectivity index is 1.74. The first-order valence-electron chi connectivity index (χ1n) is 9.65. The van der Waals surface area contributed by atoms with Gasteiger partial charge in [0.15, 0.2) is 0 Å². The van der Waals surface area contributed by atoms with Gasteiger partial charge < -0.3 is 9.64 Å². The Kier molecular flexibility index (Phi) is 7.53. The summed E-state index contributed by atoms with van der Waals surface area (Å²) in [7, 11) is 0. The van der Waals surface area contributed by atoms with Gasteiger partial charge in [-0.1, -0.05) is 59.6 Å². The highest BCUT2D eigenvalue weighted by atomic mass is 35.5. The van der Waals surface area contributed by atoms with Gasteiger partial charge in [-0.3, -0.25) is 9.69 Å². The number of ether oxygens (including phenoxy) is 1. The number of rotatable bonds is 6. The molecule has 3 rings (SSSR count). The maximum absolute atomic E-state index is 13.0. The lowest BCUT2D eigenvalue weighted by atomic mass is 10.1. The van der Waals surface area contributed by atoms with Crippen LogP contribution in [0, 0.1) is 0 Å². The molecule has 1 aliphatic rings. The van der Waals surface area contributed by atoms with Crippen molar-refractivity contribution in [1.29, 1.82) is 0 Å². The van der Waals surface area contributed by atoms with Crippen LogP contribution in [0.2, 0.25) is 10.0 Å². The normalized spacial score (nSPS) is 17.2. The second kappa shape index (κ2) is 10.1. The molecule has 1 aliphatic heterocycles. The number of esters is 1. The first-order chi connectivity index (χ1) is 14.0. The summed E-state index contributed by atoms with van der Waals surface area (Å²) in [6, 6.07) is 14.6. The second-order valence-electron chi connectivity index (χ2n) is 6.95. The predicted molar refractivity (Wildman–Crippen MR) is 114 cm³/mol. The van der Waals surface area contributed by atoms with Crippen LogP contribution < -0.4 is 0 Å². The van der Waals surface area contributed by atoms with E-state index in [1.807, 2.05) is 18.2 Å². The Morgan fingerprint density at radius 1 is 1.03 bits per heavy atom. The van der Waals surface area contributed by atoms with Crippen LogP contribution in [-0.2, 0) is 27.3 Å². The van der Waals surface area contributed by atoms with Crippen molar-refractivity contribution in [3.8, 4) is 0 Å². The zero-order valence-electron chi connectivity index (χ0n) is 16.3. The molecule has 0 spiro atoms. The monoisotopic (exact) mass is 434 g/mol. The minimum Gasteiger partial charge on any atom is -0.464 e. The third-order valence-electron chi connectivity index (χ3n) is 4.98. The molecule has 2 aromatic carbocycles. The molecular weight excluding hydrogens is 411 g/mol. The zero-order valence-corrected chi connectivity index (χ0v) is 17.8. The minimum atomic E-state index is -0.652. The third kappa shape index (κ3) is 5.50. The van der Waals surface area contributed by atoms with Gasteiger partial charge in [0.1, 0.15) is 6.04 Å². The highest BCUT2D eigenvalue weighted by Crippen LogP contribution is 2.26. The van der Waals surface area contributed by atoms with E-state index in [1.165, 1.54) is 0 Å². The molecule has 0 aromatic heterocycles. The van der Waals surface area contributed by atoms with Crippen molar-refractivity contribution in [1.82, 2.24) is 9.80 Å². The summed E-state index contributed by atoms with van der Waals surface area (Å²) in [6.45, 7) is 4.29. The maximum Gasteiger partial charge on any atom is 0.330 e. The van der Waals surface area contributed by atoms with Crippen LogP contribution >= 0.6 is 23.2 Å². The molecule has 0 saturated carbocycles. The van der Waals surface area contributed by atoms with Gasteiger partial charge in [-0.2, -0.15) is 0 Å². The van der Waals surface area contributed by atoms with Crippen LogP contribution in [0.15, 0.2) is 48.5 Å². The van der Waals surface area contributed by atoms with Gasteiger partial charge in [-0.05, 0) is 30.2 Å². The summed E-state index contributed by atoms with van der Waals surface area (Å²) >= 11 is 12.4. The molecule has 1 fully saturated rings. The molecule has 29 heavy (non-hydrogen) atoms. The second-order valence-corrected chi connectivity index (χ2v) is 7.77. The van der Waals surface area contributed by atoms with Crippen molar-refractivity contribution in [3.63, 3.8) is 0 Å². The van der Waals surface area contributed by atoms with Gasteiger partial charge in [0.05, 0.1) is 13.0 Å². The zero-order chi connectivity index (χ0) is 20.8. The summed E-state index contributed by atoms with van der Waals surface area (Å²) in [6.07, 6.45) is 0.0487. The van der Waals surface area contributed by atoms with E-state index in [1.54, 1.807) is 30.0 Å². The number of benzene rings is 2. The van der Waals surface area contributed by atoms with Crippen molar-refractivity contribution in [3.05, 3.63) is 69.7 Å². The van der Waals surface area contributed by atoms with Crippen molar-refractivity contribution < 1.29 is 14.3 Å². The molecule has 0 aliphatic carbocycles. The smallest absolute Gasteiger partial charge is 0.330 e. The van der Waals surface area contributed by atoms with Gasteiger partial charge in [-0.25, -0.2) is 4.79 Å². The summed E-state index contributed by atoms with van der Waals surface area (Å²) in [5, 5.41) is 0.891. The maximum atomic E-state index is 13.0. The van der Waals surface area contributed by atoms with Gasteiger partial charge in [0.25, 0.3) is 0 Å². The number of halogens is 2. The van der Waals surface area contributed by atoms with Crippen LogP contribution in [-0.4, -0.2) is 54.0 Å². The van der Waals surface area contributed by atoms with E-state index in [9.17, 15) is 9.59 Å². The standard InChI is InChI=1S/C22H24Cl2N2O3/c1-2-29-22(28)20-15-25(14-16-7-4-3-5-8-16)11-12-26(20)21(27)13-17-18(23)9-6-10-19(17)24/h3-10,20H,2,11-15H2,1H3. The van der Waals surface area contributed by atoms with Gasteiger partial charge in [0.2, 0.25) is 5.91 Å². The molecule has 1 saturated heterocycles. The summed E-state index contributed by atoms with van der Waals surface area (Å²) in [4.78, 5) is 29.4. The number of hydrogen-bond acceptors (Lipinski definition) is 4. The number of carbonyl (C=O) groups is 2. The van der Waals surface area contributed by atoms with E-state index < -0.39 is 6.04 Å². The first-order valence-corrected chi connectivity index (χ1v) is 10.4. The van der Waals surface area contributed by atoms with Crippen LogP contribution in [0.25, 0.3) is 0 Å². The van der Waals surface area contributed by atoms with E-state index in [0.717, 1.165) is 12.1 Å². The average Bonchev–Trinajstić information content (AvgIpc) is 2.71. The predicted octanol–water partition coefficient (Wildman–Crippen LogP) is 3.81. The molecule has 1 atom stereocenters. The highest BCUT2D eigenvalue weighted by molar-refractivity contribution is 6.36. The Morgan fingerprint density at radius 3 is 2.38 bits per heavy atom. The Bertz CT molecular complexity index is 840. The number of carbonyl (C=O) groups excluding carboxylic acids is 2. The molecule has 0 bridgehead atoms. The minimum absolute atomic E-state index is 0.0487. The van der Waals surface area contributed by atoms with E-state index in [2.05, 4.69) is 17.0 Å². The fourth-order valence-corrected chi connectivity index (χ4v) is 4.05. The lowest BCUT2D eigenvalue weighted by Crippen LogP contribution is -2.58. The topological polar surface area (TPSA) is 49.9 Å². The number of piperazine rings is 1. The molecule has 5 nitrogen and oxygen atoms in total. The molecule has 0 N–H and O–H groups in total. The van der Waals surface area contributed by atoms with Crippen molar-refractivity contribution >= 4 is 35.1 Å². The van der Waals surface area contributed by atoms with Crippen LogP contribution in [0.5, 0.6) is 0 Å². The van der Waals surface area contributed by atoms with E-state index in [4.69, 9.17) is 27.9 Å². The van der Waals surface area contributed by atoms with Gasteiger partial charge in [0, 0.05) is 36.2 Å². The lowest BCUT2D eigenvalue weighted by molar-refractivity contribution is -0.158. The average molecular weight is 435 g/mol. The van der Waals surface area contributed by atoms with Crippen LogP contribution in [0.1, 0.15) is 18.1 Å². The number of nitrogens with zero attached hydrogens (tertiary/aromatic N) is 2. The Labute approximate surface area is 181 Å². The van der Waals surface area contributed by atoms with Crippen molar-refractivity contribution in [2.24, 2.45) is 0 Å². The molecule has 1 heterocycles. The van der Waals surface area contributed by atoms with E-state index >= 15 is 0 Å². The van der Waals surface area contributed by atoms with Crippen LogP contribution in [0.3, 0.4) is 0 Å². The highest BCUT2D eigenvalue weighted by Gasteiger charge is 2.36. The van der Waals surface area contributed by atoms with Crippen molar-refractivity contribution in [2.45, 2.75) is 25.9 Å². The molecule has 154 valence electrons. The fraction of sp³-hybridized carbons (Fsp3) is 0.364. The van der Waals surface area contributed by atoms with Gasteiger partial charge >= 0.3 is 5.97 Å². The van der Waals surface area contributed by atoms with E-state index in [0.29, 0.717) is 35.2 Å². The summed E-state index contributed by atoms with van der Waals surface area (Å²) in [5.41, 5.74) is 1.74. The Hall–Kier alpha value is -2.08. The molecule has 7 heteroatoms. The SMILES string of the molecule is CCOC(=O)C1CN(Cc2ccccc2)CCN1C(=O)Cc1c(Cl)cccc1Cl. The largest absolute Gasteiger partial charge is 0.464 e. The molecule has 0 radical (unpaired) electrons.